The fraction of sp³-hybridized carbons (Fsp3) is 0.320. The average molecular weight is 530 g/mol. The lowest BCUT2D eigenvalue weighted by Gasteiger charge is -2.15. The Hall–Kier alpha value is -2.64. The molecule has 0 radical (unpaired) electrons. The monoisotopic (exact) mass is 528 g/mol. The quantitative estimate of drug-likeness (QED) is 0.280. The Morgan fingerprint density at radius 1 is 1.09 bits per heavy atom. The number of hydrogen-bond donors (Lipinski definition) is 0. The number of hydrazone groups is 1. The van der Waals surface area contributed by atoms with Crippen molar-refractivity contribution in [2.45, 2.75) is 20.0 Å². The Labute approximate surface area is 205 Å². The summed E-state index contributed by atoms with van der Waals surface area (Å²) in [5, 5.41) is 5.97. The number of carbonyl (C=O) groups excluding carboxylic acids is 2. The molecule has 6 nitrogen and oxygen atoms in total. The van der Waals surface area contributed by atoms with Crippen molar-refractivity contribution in [3.05, 3.63) is 69.2 Å². The number of amides is 2. The van der Waals surface area contributed by atoms with E-state index in [0.717, 1.165) is 17.0 Å². The molecule has 0 spiro atoms. The molecule has 0 aromatic heterocycles. The topological polar surface area (TPSA) is 68.2 Å². The fourth-order valence-electron chi connectivity index (χ4n) is 4.93. The molecule has 4 atom stereocenters. The zero-order valence-electron chi connectivity index (χ0n) is 17.9. The van der Waals surface area contributed by atoms with Gasteiger partial charge in [-0.3, -0.25) is 9.59 Å². The van der Waals surface area contributed by atoms with E-state index in [9.17, 15) is 9.59 Å². The lowest BCUT2D eigenvalue weighted by atomic mass is 9.85. The van der Waals surface area contributed by atoms with E-state index < -0.39 is 0 Å². The Morgan fingerprint density at radius 2 is 1.76 bits per heavy atom. The maximum atomic E-state index is 12.8. The molecule has 2 bridgehead atoms. The zero-order valence-corrected chi connectivity index (χ0v) is 20.3. The van der Waals surface area contributed by atoms with E-state index in [4.69, 9.17) is 21.1 Å². The Kier molecular flexibility index (Phi) is 6.01. The normalized spacial score (nSPS) is 25.4. The number of imide groups is 1. The summed E-state index contributed by atoms with van der Waals surface area (Å²) in [6.07, 6.45) is 6.55. The predicted molar refractivity (Wildman–Crippen MR) is 128 cm³/mol. The molecule has 0 N–H and O–H groups in total. The van der Waals surface area contributed by atoms with Gasteiger partial charge in [0.15, 0.2) is 11.5 Å². The number of ether oxygens (including phenoxy) is 2. The second-order valence-corrected chi connectivity index (χ2v) is 9.70. The number of hydrogen-bond acceptors (Lipinski definition) is 5. The molecule has 2 aromatic carbocycles. The number of fused-ring (bicyclic) bond motifs is 5. The van der Waals surface area contributed by atoms with E-state index in [1.807, 2.05) is 37.3 Å². The molecular weight excluding hydrogens is 508 g/mol. The van der Waals surface area contributed by atoms with Crippen LogP contribution >= 0.6 is 27.5 Å². The van der Waals surface area contributed by atoms with Crippen molar-refractivity contribution < 1.29 is 19.1 Å². The molecule has 5 rings (SSSR count). The largest absolute Gasteiger partial charge is 0.490 e. The highest BCUT2D eigenvalue weighted by atomic mass is 79.9. The molecule has 8 heteroatoms. The highest BCUT2D eigenvalue weighted by molar-refractivity contribution is 9.10. The molecule has 33 heavy (non-hydrogen) atoms. The molecule has 170 valence electrons. The van der Waals surface area contributed by atoms with Gasteiger partial charge in [-0.05, 0) is 76.5 Å². The van der Waals surface area contributed by atoms with Crippen molar-refractivity contribution in [1.82, 2.24) is 5.01 Å². The molecule has 2 aromatic rings. The third-order valence-electron chi connectivity index (χ3n) is 6.40. The maximum Gasteiger partial charge on any atom is 0.254 e. The van der Waals surface area contributed by atoms with Crippen LogP contribution in [0.5, 0.6) is 11.5 Å². The standard InChI is InChI=1S/C25H22BrClN2O4/c1-2-32-20-10-15(9-19(26)23(20)33-13-14-3-7-18(27)8-4-14)12-28-29-24(30)21-16-5-6-17(11-16)22(21)25(29)31/h3-10,12,16-17,21-22H,2,11,13H2,1H3/b28-12-/t16-,17-,21+,22+/m0/s1. The van der Waals surface area contributed by atoms with Crippen LogP contribution in [0.3, 0.4) is 0 Å². The van der Waals surface area contributed by atoms with Crippen molar-refractivity contribution in [3.63, 3.8) is 0 Å². The number of carbonyl (C=O) groups is 2. The summed E-state index contributed by atoms with van der Waals surface area (Å²) in [4.78, 5) is 25.7. The van der Waals surface area contributed by atoms with Crippen LogP contribution in [0.25, 0.3) is 0 Å². The van der Waals surface area contributed by atoms with Crippen LogP contribution in [0.4, 0.5) is 0 Å². The van der Waals surface area contributed by atoms with Gasteiger partial charge in [-0.25, -0.2) is 0 Å². The van der Waals surface area contributed by atoms with Gasteiger partial charge in [-0.15, -0.1) is 0 Å². The van der Waals surface area contributed by atoms with Gasteiger partial charge >= 0.3 is 0 Å². The van der Waals surface area contributed by atoms with Crippen LogP contribution < -0.4 is 9.47 Å². The van der Waals surface area contributed by atoms with Gasteiger partial charge in [0.1, 0.15) is 6.61 Å². The first-order valence-electron chi connectivity index (χ1n) is 10.9. The van der Waals surface area contributed by atoms with Gasteiger partial charge in [0.2, 0.25) is 0 Å². The van der Waals surface area contributed by atoms with Crippen LogP contribution in [0.15, 0.2) is 58.1 Å². The minimum Gasteiger partial charge on any atom is -0.490 e. The molecule has 1 aliphatic heterocycles. The molecule has 2 amide bonds. The lowest BCUT2D eigenvalue weighted by Crippen LogP contribution is -2.28. The Morgan fingerprint density at radius 3 is 2.39 bits per heavy atom. The summed E-state index contributed by atoms with van der Waals surface area (Å²) in [5.74, 6) is 0.489. The first-order chi connectivity index (χ1) is 16.0. The summed E-state index contributed by atoms with van der Waals surface area (Å²) in [6, 6.07) is 11.0. The number of nitrogens with zero attached hydrogens (tertiary/aromatic N) is 2. The number of rotatable bonds is 7. The van der Waals surface area contributed by atoms with Crippen molar-refractivity contribution >= 4 is 45.6 Å². The second-order valence-electron chi connectivity index (χ2n) is 8.41. The smallest absolute Gasteiger partial charge is 0.254 e. The molecular formula is C25H22BrClN2O4. The Bertz CT molecular complexity index is 1130. The van der Waals surface area contributed by atoms with E-state index in [1.54, 1.807) is 6.07 Å². The number of halogens is 2. The number of allylic oxidation sites excluding steroid dienone is 2. The zero-order chi connectivity index (χ0) is 23.1. The fourth-order valence-corrected chi connectivity index (χ4v) is 5.63. The van der Waals surface area contributed by atoms with E-state index in [0.29, 0.717) is 39.8 Å². The van der Waals surface area contributed by atoms with Crippen molar-refractivity contribution in [3.8, 4) is 11.5 Å². The van der Waals surface area contributed by atoms with Crippen LogP contribution in [-0.4, -0.2) is 29.6 Å². The first kappa shape index (κ1) is 22.2. The summed E-state index contributed by atoms with van der Waals surface area (Å²) in [5.41, 5.74) is 1.65. The maximum absolute atomic E-state index is 12.8. The van der Waals surface area contributed by atoms with Gasteiger partial charge in [-0.2, -0.15) is 10.1 Å². The van der Waals surface area contributed by atoms with Crippen molar-refractivity contribution in [2.75, 3.05) is 6.61 Å². The summed E-state index contributed by atoms with van der Waals surface area (Å²) in [6.45, 7) is 2.69. The highest BCUT2D eigenvalue weighted by Gasteiger charge is 2.59. The van der Waals surface area contributed by atoms with Crippen molar-refractivity contribution in [2.24, 2.45) is 28.8 Å². The van der Waals surface area contributed by atoms with Gasteiger partial charge < -0.3 is 9.47 Å². The summed E-state index contributed by atoms with van der Waals surface area (Å²) >= 11 is 9.50. The Balaban J connectivity index is 1.34. The summed E-state index contributed by atoms with van der Waals surface area (Å²) in [7, 11) is 0. The van der Waals surface area contributed by atoms with Crippen molar-refractivity contribution in [1.29, 1.82) is 0 Å². The van der Waals surface area contributed by atoms with Gasteiger partial charge in [-0.1, -0.05) is 35.9 Å². The molecule has 1 heterocycles. The van der Waals surface area contributed by atoms with E-state index >= 15 is 0 Å². The van der Waals surface area contributed by atoms with Gasteiger partial charge in [0.05, 0.1) is 29.1 Å². The average Bonchev–Trinajstić information content (AvgIpc) is 3.47. The van der Waals surface area contributed by atoms with Crippen LogP contribution in [0, 0.1) is 23.7 Å². The third kappa shape index (κ3) is 4.08. The molecule has 2 fully saturated rings. The molecule has 2 aliphatic carbocycles. The van der Waals surface area contributed by atoms with Gasteiger partial charge in [0.25, 0.3) is 11.8 Å². The number of benzene rings is 2. The van der Waals surface area contributed by atoms with Crippen LogP contribution in [-0.2, 0) is 16.2 Å². The van der Waals surface area contributed by atoms with E-state index in [2.05, 4.69) is 33.2 Å². The lowest BCUT2D eigenvalue weighted by molar-refractivity contribution is -0.140. The summed E-state index contributed by atoms with van der Waals surface area (Å²) < 4.78 is 12.5. The van der Waals surface area contributed by atoms with Gasteiger partial charge in [0, 0.05) is 5.02 Å². The third-order valence-corrected chi connectivity index (χ3v) is 7.24. The highest BCUT2D eigenvalue weighted by Crippen LogP contribution is 2.52. The predicted octanol–water partition coefficient (Wildman–Crippen LogP) is 5.22. The van der Waals surface area contributed by atoms with Crippen LogP contribution in [0.2, 0.25) is 5.02 Å². The minimum absolute atomic E-state index is 0.160. The van der Waals surface area contributed by atoms with E-state index in [1.165, 1.54) is 6.21 Å². The molecule has 1 saturated carbocycles. The first-order valence-corrected chi connectivity index (χ1v) is 12.1. The minimum atomic E-state index is -0.265. The second kappa shape index (κ2) is 8.95. The van der Waals surface area contributed by atoms with Crippen LogP contribution in [0.1, 0.15) is 24.5 Å². The molecule has 1 saturated heterocycles. The molecule has 0 unspecified atom stereocenters. The molecule has 3 aliphatic rings. The SMILES string of the molecule is CCOc1cc(/C=N\N2C(=O)[C@H]3[C@H](C2=O)[C@H]2C=C[C@H]3C2)cc(Br)c1OCc1ccc(Cl)cc1. The van der Waals surface area contributed by atoms with E-state index in [-0.39, 0.29) is 35.5 Å².